The number of hydrogen-bond acceptors (Lipinski definition) is 2. The highest BCUT2D eigenvalue weighted by Gasteiger charge is 2.21. The number of ether oxygens (including phenoxy) is 1. The second-order valence-corrected chi connectivity index (χ2v) is 5.41. The van der Waals surface area contributed by atoms with Crippen LogP contribution in [0.2, 0.25) is 5.02 Å². The lowest BCUT2D eigenvalue weighted by Gasteiger charge is -2.26. The molecule has 2 aromatic carbocycles. The fourth-order valence-corrected chi connectivity index (χ4v) is 2.79. The van der Waals surface area contributed by atoms with Crippen molar-refractivity contribution in [2.75, 3.05) is 13.2 Å². The average Bonchev–Trinajstić information content (AvgIpc) is 2.53. The van der Waals surface area contributed by atoms with Crippen LogP contribution in [0.3, 0.4) is 0 Å². The molecule has 1 amide bonds. The van der Waals surface area contributed by atoms with Gasteiger partial charge in [0, 0.05) is 6.54 Å². The Bertz CT molecular complexity index is 657. The highest BCUT2D eigenvalue weighted by Crippen LogP contribution is 2.26. The minimum absolute atomic E-state index is 0.0959. The van der Waals surface area contributed by atoms with Crippen LogP contribution in [0.5, 0.6) is 0 Å². The van der Waals surface area contributed by atoms with Crippen molar-refractivity contribution in [2.45, 2.75) is 12.5 Å². The van der Waals surface area contributed by atoms with Crippen molar-refractivity contribution < 1.29 is 9.53 Å². The van der Waals surface area contributed by atoms with E-state index >= 15 is 0 Å². The van der Waals surface area contributed by atoms with Gasteiger partial charge >= 0.3 is 0 Å². The maximum Gasteiger partial charge on any atom is 0.252 e. The molecule has 1 N–H and O–H groups in total. The van der Waals surface area contributed by atoms with E-state index in [9.17, 15) is 4.79 Å². The molecule has 1 unspecified atom stereocenters. The number of benzene rings is 2. The van der Waals surface area contributed by atoms with Crippen LogP contribution in [0.25, 0.3) is 0 Å². The van der Waals surface area contributed by atoms with E-state index in [2.05, 4.69) is 17.4 Å². The first kappa shape index (κ1) is 14.1. The number of fused-ring (bicyclic) bond motifs is 1. The monoisotopic (exact) mass is 301 g/mol. The second kappa shape index (κ2) is 6.29. The molecule has 21 heavy (non-hydrogen) atoms. The fourth-order valence-electron chi connectivity index (χ4n) is 2.57. The summed E-state index contributed by atoms with van der Waals surface area (Å²) in [5.74, 6) is -0.174. The van der Waals surface area contributed by atoms with E-state index in [4.69, 9.17) is 16.3 Å². The van der Waals surface area contributed by atoms with Gasteiger partial charge in [0.05, 0.1) is 17.2 Å². The minimum atomic E-state index is -0.174. The molecule has 0 spiro atoms. The molecule has 1 aliphatic rings. The highest BCUT2D eigenvalue weighted by molar-refractivity contribution is 6.33. The second-order valence-electron chi connectivity index (χ2n) is 5.00. The number of nitrogens with one attached hydrogen (secondary N) is 1. The lowest BCUT2D eigenvalue weighted by molar-refractivity contribution is 0.0411. The van der Waals surface area contributed by atoms with E-state index in [0.717, 1.165) is 12.0 Å². The van der Waals surface area contributed by atoms with Crippen LogP contribution in [0.1, 0.15) is 27.6 Å². The molecule has 0 saturated carbocycles. The molecule has 1 aliphatic heterocycles. The van der Waals surface area contributed by atoms with Crippen molar-refractivity contribution in [1.82, 2.24) is 5.32 Å². The Morgan fingerprint density at radius 2 is 1.95 bits per heavy atom. The van der Waals surface area contributed by atoms with E-state index in [1.54, 1.807) is 24.3 Å². The first-order valence-electron chi connectivity index (χ1n) is 6.98. The Morgan fingerprint density at radius 3 is 2.81 bits per heavy atom. The van der Waals surface area contributed by atoms with Gasteiger partial charge in [0.2, 0.25) is 0 Å². The van der Waals surface area contributed by atoms with Crippen molar-refractivity contribution in [3.05, 3.63) is 70.2 Å². The normalized spacial score (nSPS) is 17.1. The molecule has 3 nitrogen and oxygen atoms in total. The molecule has 0 bridgehead atoms. The Labute approximate surface area is 128 Å². The molecule has 0 aliphatic carbocycles. The van der Waals surface area contributed by atoms with E-state index < -0.39 is 0 Å². The maximum absolute atomic E-state index is 12.2. The molecular formula is C17H16ClNO2. The number of carbonyl (C=O) groups excluding carboxylic acids is 1. The number of rotatable bonds is 3. The minimum Gasteiger partial charge on any atom is -0.371 e. The molecule has 0 aromatic heterocycles. The summed E-state index contributed by atoms with van der Waals surface area (Å²) in [5.41, 5.74) is 2.94. The third-order valence-corrected chi connectivity index (χ3v) is 3.99. The van der Waals surface area contributed by atoms with Gasteiger partial charge in [-0.15, -0.1) is 0 Å². The van der Waals surface area contributed by atoms with Crippen LogP contribution in [0.4, 0.5) is 0 Å². The van der Waals surface area contributed by atoms with E-state index in [-0.39, 0.29) is 12.0 Å². The summed E-state index contributed by atoms with van der Waals surface area (Å²) >= 11 is 6.03. The molecule has 0 radical (unpaired) electrons. The van der Waals surface area contributed by atoms with Gasteiger partial charge in [-0.3, -0.25) is 4.79 Å². The summed E-state index contributed by atoms with van der Waals surface area (Å²) in [7, 11) is 0. The van der Waals surface area contributed by atoms with Crippen LogP contribution in [-0.4, -0.2) is 19.1 Å². The quantitative estimate of drug-likeness (QED) is 0.944. The average molecular weight is 302 g/mol. The number of halogens is 1. The summed E-state index contributed by atoms with van der Waals surface area (Å²) in [6.45, 7) is 1.13. The first-order chi connectivity index (χ1) is 10.3. The number of carbonyl (C=O) groups is 1. The third-order valence-electron chi connectivity index (χ3n) is 3.66. The zero-order valence-electron chi connectivity index (χ0n) is 11.5. The predicted octanol–water partition coefficient (Wildman–Crippen LogP) is 3.38. The predicted molar refractivity (Wildman–Crippen MR) is 82.6 cm³/mol. The fraction of sp³-hybridized carbons (Fsp3) is 0.235. The van der Waals surface area contributed by atoms with Crippen LogP contribution < -0.4 is 5.32 Å². The molecule has 3 rings (SSSR count). The molecule has 0 fully saturated rings. The smallest absolute Gasteiger partial charge is 0.252 e. The van der Waals surface area contributed by atoms with Crippen molar-refractivity contribution in [1.29, 1.82) is 0 Å². The van der Waals surface area contributed by atoms with Gasteiger partial charge in [-0.2, -0.15) is 0 Å². The standard InChI is InChI=1S/C17H16ClNO2/c18-15-8-4-3-7-14(15)17(20)19-11-16-13-6-2-1-5-12(13)9-10-21-16/h1-8,16H,9-11H2,(H,19,20). The zero-order chi connectivity index (χ0) is 14.7. The topological polar surface area (TPSA) is 38.3 Å². The van der Waals surface area contributed by atoms with Crippen LogP contribution in [0, 0.1) is 0 Å². The van der Waals surface area contributed by atoms with E-state index in [1.807, 2.05) is 12.1 Å². The van der Waals surface area contributed by atoms with Crippen molar-refractivity contribution in [3.63, 3.8) is 0 Å². The summed E-state index contributed by atoms with van der Waals surface area (Å²) in [5, 5.41) is 3.36. The van der Waals surface area contributed by atoms with Crippen LogP contribution in [-0.2, 0) is 11.2 Å². The van der Waals surface area contributed by atoms with E-state index in [1.165, 1.54) is 5.56 Å². The number of amides is 1. The lowest BCUT2D eigenvalue weighted by Crippen LogP contribution is -2.32. The van der Waals surface area contributed by atoms with Crippen LogP contribution in [0.15, 0.2) is 48.5 Å². The summed E-state index contributed by atoms with van der Waals surface area (Å²) in [6, 6.07) is 15.2. The van der Waals surface area contributed by atoms with Gasteiger partial charge in [0.15, 0.2) is 0 Å². The maximum atomic E-state index is 12.2. The lowest BCUT2D eigenvalue weighted by atomic mass is 9.97. The van der Waals surface area contributed by atoms with E-state index in [0.29, 0.717) is 23.7 Å². The molecular weight excluding hydrogens is 286 g/mol. The van der Waals surface area contributed by atoms with Crippen molar-refractivity contribution in [2.24, 2.45) is 0 Å². The molecule has 1 atom stereocenters. The van der Waals surface area contributed by atoms with Gasteiger partial charge in [-0.05, 0) is 29.7 Å². The largest absolute Gasteiger partial charge is 0.371 e. The molecule has 108 valence electrons. The zero-order valence-corrected chi connectivity index (χ0v) is 12.3. The summed E-state index contributed by atoms with van der Waals surface area (Å²) in [4.78, 5) is 12.2. The van der Waals surface area contributed by atoms with Crippen molar-refractivity contribution >= 4 is 17.5 Å². The Morgan fingerprint density at radius 1 is 1.19 bits per heavy atom. The first-order valence-corrected chi connectivity index (χ1v) is 7.35. The van der Waals surface area contributed by atoms with Crippen LogP contribution >= 0.6 is 11.6 Å². The van der Waals surface area contributed by atoms with Gasteiger partial charge in [-0.25, -0.2) is 0 Å². The third kappa shape index (κ3) is 3.09. The SMILES string of the molecule is O=C(NCC1OCCc2ccccc21)c1ccccc1Cl. The number of hydrogen-bond donors (Lipinski definition) is 1. The van der Waals surface area contributed by atoms with Gasteiger partial charge in [0.1, 0.15) is 6.10 Å². The molecule has 1 heterocycles. The molecule has 4 heteroatoms. The Balaban J connectivity index is 1.69. The highest BCUT2D eigenvalue weighted by atomic mass is 35.5. The summed E-state index contributed by atoms with van der Waals surface area (Å²) < 4.78 is 5.77. The van der Waals surface area contributed by atoms with Gasteiger partial charge in [-0.1, -0.05) is 48.0 Å². The Hall–Kier alpha value is -1.84. The molecule has 0 saturated heterocycles. The summed E-state index contributed by atoms with van der Waals surface area (Å²) in [6.07, 6.45) is 0.826. The van der Waals surface area contributed by atoms with Gasteiger partial charge in [0.25, 0.3) is 5.91 Å². The van der Waals surface area contributed by atoms with Crippen molar-refractivity contribution in [3.8, 4) is 0 Å². The van der Waals surface area contributed by atoms with Gasteiger partial charge < -0.3 is 10.1 Å². The molecule has 2 aromatic rings. The Kier molecular flexibility index (Phi) is 4.23.